The molecule has 0 saturated carbocycles. The second kappa shape index (κ2) is 2.61. The van der Waals surface area contributed by atoms with Gasteiger partial charge in [0.05, 0.1) is 5.52 Å². The first-order valence-electron chi connectivity index (χ1n) is 5.12. The topological polar surface area (TPSA) is 46.0 Å². The van der Waals surface area contributed by atoms with E-state index in [0.717, 1.165) is 16.7 Å². The summed E-state index contributed by atoms with van der Waals surface area (Å²) < 4.78 is 1.91. The van der Waals surface area contributed by atoms with Crippen molar-refractivity contribution in [3.05, 3.63) is 42.9 Å². The number of benzene rings is 1. The highest BCUT2D eigenvalue weighted by Gasteiger charge is 2.07. The van der Waals surface area contributed by atoms with E-state index in [1.807, 2.05) is 22.7 Å². The van der Waals surface area contributed by atoms with Crippen molar-refractivity contribution in [2.75, 3.05) is 0 Å². The molecule has 3 aromatic heterocycles. The molecule has 0 bridgehead atoms. The molecule has 0 fully saturated rings. The van der Waals surface area contributed by atoms with Gasteiger partial charge in [-0.05, 0) is 12.1 Å². The maximum atomic E-state index is 4.12. The molecule has 4 aromatic rings. The van der Waals surface area contributed by atoms with Crippen molar-refractivity contribution in [2.24, 2.45) is 0 Å². The van der Waals surface area contributed by atoms with Gasteiger partial charge < -0.3 is 4.98 Å². The highest BCUT2D eigenvalue weighted by Crippen LogP contribution is 2.26. The molecule has 1 N–H and O–H groups in total. The minimum Gasteiger partial charge on any atom is -0.351 e. The quantitative estimate of drug-likeness (QED) is 0.482. The molecule has 0 amide bonds. The van der Waals surface area contributed by atoms with E-state index in [-0.39, 0.29) is 0 Å². The normalized spacial score (nSPS) is 11.8. The maximum Gasteiger partial charge on any atom is 0.184 e. The first-order chi connectivity index (χ1) is 7.93. The molecule has 0 radical (unpaired) electrons. The zero-order valence-electron chi connectivity index (χ0n) is 8.38. The van der Waals surface area contributed by atoms with E-state index < -0.39 is 0 Å². The number of nitrogens with zero attached hydrogens (tertiary/aromatic N) is 3. The molecule has 0 aliphatic rings. The minimum atomic E-state index is 0.869. The van der Waals surface area contributed by atoms with Crippen LogP contribution in [0.15, 0.2) is 42.9 Å². The third-order valence-electron chi connectivity index (χ3n) is 2.94. The van der Waals surface area contributed by atoms with Crippen molar-refractivity contribution in [1.82, 2.24) is 19.6 Å². The molecule has 4 rings (SSSR count). The number of rotatable bonds is 0. The average molecular weight is 208 g/mol. The predicted octanol–water partition coefficient (Wildman–Crippen LogP) is 2.36. The summed E-state index contributed by atoms with van der Waals surface area (Å²) in [5, 5.41) is 10.5. The number of aromatic amines is 1. The summed E-state index contributed by atoms with van der Waals surface area (Å²) in [5.41, 5.74) is 3.04. The molecule has 0 aliphatic carbocycles. The number of H-pyrrole nitrogens is 1. The van der Waals surface area contributed by atoms with Gasteiger partial charge in [0.15, 0.2) is 5.65 Å². The van der Waals surface area contributed by atoms with Gasteiger partial charge in [-0.15, -0.1) is 10.2 Å². The van der Waals surface area contributed by atoms with Crippen LogP contribution in [0.4, 0.5) is 0 Å². The fourth-order valence-electron chi connectivity index (χ4n) is 2.20. The zero-order valence-corrected chi connectivity index (χ0v) is 8.38. The molecular formula is C12H8N4. The first-order valence-corrected chi connectivity index (χ1v) is 5.12. The van der Waals surface area contributed by atoms with Crippen LogP contribution in [0, 0.1) is 0 Å². The maximum absolute atomic E-state index is 4.12. The molecule has 4 nitrogen and oxygen atoms in total. The van der Waals surface area contributed by atoms with Gasteiger partial charge in [-0.2, -0.15) is 0 Å². The Morgan fingerprint density at radius 1 is 1.06 bits per heavy atom. The van der Waals surface area contributed by atoms with Crippen LogP contribution >= 0.6 is 0 Å². The van der Waals surface area contributed by atoms with Crippen LogP contribution in [0.5, 0.6) is 0 Å². The molecule has 76 valence electrons. The molecular weight excluding hydrogens is 200 g/mol. The molecule has 0 aliphatic heterocycles. The Morgan fingerprint density at radius 2 is 2.00 bits per heavy atom. The summed E-state index contributed by atoms with van der Waals surface area (Å²) in [6, 6.07) is 10.3. The van der Waals surface area contributed by atoms with Gasteiger partial charge in [0.2, 0.25) is 0 Å². The standard InChI is InChI=1S/C12H8N4/c1-2-4-10-8(3-1)9-5-6-16-7-13-15-12(16)11(9)14-10/h1-7,14H. The second-order valence-electron chi connectivity index (χ2n) is 3.84. The number of pyridine rings is 1. The largest absolute Gasteiger partial charge is 0.351 e. The zero-order chi connectivity index (χ0) is 10.5. The summed E-state index contributed by atoms with van der Waals surface area (Å²) in [4.78, 5) is 3.38. The van der Waals surface area contributed by atoms with Crippen molar-refractivity contribution in [1.29, 1.82) is 0 Å². The van der Waals surface area contributed by atoms with Crippen LogP contribution in [0.3, 0.4) is 0 Å². The van der Waals surface area contributed by atoms with Crippen molar-refractivity contribution in [3.63, 3.8) is 0 Å². The molecule has 0 saturated heterocycles. The first kappa shape index (κ1) is 7.87. The molecule has 0 unspecified atom stereocenters. The number of nitrogens with one attached hydrogen (secondary N) is 1. The van der Waals surface area contributed by atoms with Gasteiger partial charge in [-0.3, -0.25) is 4.40 Å². The third-order valence-corrected chi connectivity index (χ3v) is 2.94. The van der Waals surface area contributed by atoms with Crippen molar-refractivity contribution >= 4 is 27.5 Å². The van der Waals surface area contributed by atoms with Gasteiger partial charge in [0.25, 0.3) is 0 Å². The van der Waals surface area contributed by atoms with Crippen LogP contribution in [0.1, 0.15) is 0 Å². The van der Waals surface area contributed by atoms with Gasteiger partial charge in [0.1, 0.15) is 6.33 Å². The molecule has 4 heteroatoms. The third kappa shape index (κ3) is 0.839. The number of fused-ring (bicyclic) bond motifs is 5. The van der Waals surface area contributed by atoms with E-state index >= 15 is 0 Å². The smallest absolute Gasteiger partial charge is 0.184 e. The summed E-state index contributed by atoms with van der Waals surface area (Å²) in [6.07, 6.45) is 3.69. The fraction of sp³-hybridized carbons (Fsp3) is 0. The Labute approximate surface area is 90.5 Å². The molecule has 16 heavy (non-hydrogen) atoms. The van der Waals surface area contributed by atoms with Gasteiger partial charge in [0, 0.05) is 22.5 Å². The molecule has 1 aromatic carbocycles. The lowest BCUT2D eigenvalue weighted by atomic mass is 10.2. The molecule has 0 atom stereocenters. The summed E-state index contributed by atoms with van der Waals surface area (Å²) in [5.74, 6) is 0. The average Bonchev–Trinajstić information content (AvgIpc) is 2.92. The van der Waals surface area contributed by atoms with E-state index in [2.05, 4.69) is 33.4 Å². The van der Waals surface area contributed by atoms with Gasteiger partial charge in [-0.1, -0.05) is 18.2 Å². The Balaban J connectivity index is 2.38. The number of hydrogen-bond donors (Lipinski definition) is 1. The summed E-state index contributed by atoms with van der Waals surface area (Å²) in [6.45, 7) is 0. The van der Waals surface area contributed by atoms with Gasteiger partial charge in [-0.25, -0.2) is 0 Å². The Morgan fingerprint density at radius 3 is 3.00 bits per heavy atom. The molecule has 3 heterocycles. The summed E-state index contributed by atoms with van der Waals surface area (Å²) in [7, 11) is 0. The molecule has 0 spiro atoms. The van der Waals surface area contributed by atoms with Gasteiger partial charge >= 0.3 is 0 Å². The van der Waals surface area contributed by atoms with E-state index in [4.69, 9.17) is 0 Å². The second-order valence-corrected chi connectivity index (χ2v) is 3.84. The van der Waals surface area contributed by atoms with Crippen LogP contribution in [-0.4, -0.2) is 19.6 Å². The van der Waals surface area contributed by atoms with E-state index in [9.17, 15) is 0 Å². The number of aromatic nitrogens is 4. The predicted molar refractivity (Wildman–Crippen MR) is 62.3 cm³/mol. The van der Waals surface area contributed by atoms with Crippen molar-refractivity contribution in [2.45, 2.75) is 0 Å². The lowest BCUT2D eigenvalue weighted by Crippen LogP contribution is -1.82. The monoisotopic (exact) mass is 208 g/mol. The highest BCUT2D eigenvalue weighted by molar-refractivity contribution is 6.11. The highest BCUT2D eigenvalue weighted by atomic mass is 15.2. The lowest BCUT2D eigenvalue weighted by Gasteiger charge is -1.93. The van der Waals surface area contributed by atoms with Crippen LogP contribution < -0.4 is 0 Å². The van der Waals surface area contributed by atoms with Crippen molar-refractivity contribution < 1.29 is 0 Å². The van der Waals surface area contributed by atoms with E-state index in [1.165, 1.54) is 10.8 Å². The van der Waals surface area contributed by atoms with E-state index in [1.54, 1.807) is 6.33 Å². The Bertz CT molecular complexity index is 809. The lowest BCUT2D eigenvalue weighted by molar-refractivity contribution is 1.10. The number of para-hydroxylation sites is 1. The van der Waals surface area contributed by atoms with Crippen LogP contribution in [-0.2, 0) is 0 Å². The van der Waals surface area contributed by atoms with Crippen LogP contribution in [0.25, 0.3) is 27.5 Å². The SMILES string of the molecule is c1ccc2c(c1)[nH]c1c2ccn2cnnc12. The number of hydrogen-bond acceptors (Lipinski definition) is 2. The fourth-order valence-corrected chi connectivity index (χ4v) is 2.20. The van der Waals surface area contributed by atoms with Crippen LogP contribution in [0.2, 0.25) is 0 Å². The summed E-state index contributed by atoms with van der Waals surface area (Å²) >= 11 is 0. The Kier molecular flexibility index (Phi) is 1.28. The van der Waals surface area contributed by atoms with Crippen molar-refractivity contribution in [3.8, 4) is 0 Å². The minimum absolute atomic E-state index is 0.869. The van der Waals surface area contributed by atoms with E-state index in [0.29, 0.717) is 0 Å². The Hall–Kier alpha value is -2.36.